The second-order valence-corrected chi connectivity index (χ2v) is 8.65. The van der Waals surface area contributed by atoms with Crippen LogP contribution in [0.4, 0.5) is 0 Å². The van der Waals surface area contributed by atoms with Crippen molar-refractivity contribution in [3.63, 3.8) is 0 Å². The molecule has 0 bridgehead atoms. The molecule has 0 aliphatic heterocycles. The summed E-state index contributed by atoms with van der Waals surface area (Å²) in [5.74, 6) is -0.0130. The van der Waals surface area contributed by atoms with Crippen molar-refractivity contribution in [3.8, 4) is 17.0 Å². The predicted octanol–water partition coefficient (Wildman–Crippen LogP) is 4.15. The molecular formula is C22H33N3O3. The average molecular weight is 388 g/mol. The third kappa shape index (κ3) is 5.83. The third-order valence-corrected chi connectivity index (χ3v) is 4.63. The van der Waals surface area contributed by atoms with Crippen LogP contribution in [0.15, 0.2) is 30.5 Å². The number of carboxylic acids is 1. The molecule has 6 heteroatoms. The summed E-state index contributed by atoms with van der Waals surface area (Å²) in [6.45, 7) is 11.4. The first kappa shape index (κ1) is 22.0. The van der Waals surface area contributed by atoms with E-state index in [0.717, 1.165) is 22.6 Å². The zero-order valence-electron chi connectivity index (χ0n) is 17.8. The minimum Gasteiger partial charge on any atom is -0.497 e. The fraction of sp³-hybridized carbons (Fsp3) is 0.545. The lowest BCUT2D eigenvalue weighted by molar-refractivity contribution is -0.142. The van der Waals surface area contributed by atoms with Crippen LogP contribution in [0.1, 0.15) is 46.6 Å². The van der Waals surface area contributed by atoms with Crippen molar-refractivity contribution >= 4 is 5.97 Å². The maximum Gasteiger partial charge on any atom is 0.307 e. The fourth-order valence-electron chi connectivity index (χ4n) is 3.12. The molecule has 154 valence electrons. The van der Waals surface area contributed by atoms with Crippen molar-refractivity contribution in [1.82, 2.24) is 15.1 Å². The second kappa shape index (κ2) is 9.24. The van der Waals surface area contributed by atoms with Crippen LogP contribution in [0.3, 0.4) is 0 Å². The molecule has 0 aliphatic carbocycles. The Kier molecular flexibility index (Phi) is 7.24. The number of nitrogens with zero attached hydrogens (tertiary/aromatic N) is 2. The van der Waals surface area contributed by atoms with E-state index in [1.54, 1.807) is 7.11 Å². The molecule has 0 saturated heterocycles. The maximum absolute atomic E-state index is 11.5. The number of methoxy groups -OCH3 is 1. The Labute approximate surface area is 167 Å². The summed E-state index contributed by atoms with van der Waals surface area (Å²) in [5.41, 5.74) is 2.76. The molecule has 1 aromatic heterocycles. The number of carboxylic acid groups (broad SMARTS) is 1. The van der Waals surface area contributed by atoms with Crippen LogP contribution in [-0.2, 0) is 16.9 Å². The standard InChI is InChI=1S/C22H33N3O3/c1-15(2)10-17(21(26)27)12-23-13-18-14-25(22(3,4)5)24-20(18)16-8-7-9-19(11-16)28-6/h7-9,11,14-15,17,23H,10,12-13H2,1-6H3,(H,26,27). The van der Waals surface area contributed by atoms with Crippen molar-refractivity contribution in [1.29, 1.82) is 0 Å². The van der Waals surface area contributed by atoms with Crippen LogP contribution in [0.5, 0.6) is 5.75 Å². The summed E-state index contributed by atoms with van der Waals surface area (Å²) in [6, 6.07) is 7.84. The van der Waals surface area contributed by atoms with E-state index in [2.05, 4.69) is 26.1 Å². The number of hydrogen-bond donors (Lipinski definition) is 2. The minimum absolute atomic E-state index is 0.146. The molecule has 28 heavy (non-hydrogen) atoms. The molecule has 2 rings (SSSR count). The van der Waals surface area contributed by atoms with Crippen molar-refractivity contribution in [2.75, 3.05) is 13.7 Å². The molecule has 0 spiro atoms. The Balaban J connectivity index is 2.24. The first-order valence-corrected chi connectivity index (χ1v) is 9.78. The zero-order valence-corrected chi connectivity index (χ0v) is 17.8. The van der Waals surface area contributed by atoms with Gasteiger partial charge in [0.15, 0.2) is 0 Å². The van der Waals surface area contributed by atoms with Crippen molar-refractivity contribution < 1.29 is 14.6 Å². The minimum atomic E-state index is -0.750. The van der Waals surface area contributed by atoms with E-state index in [0.29, 0.717) is 25.4 Å². The monoisotopic (exact) mass is 387 g/mol. The van der Waals surface area contributed by atoms with E-state index >= 15 is 0 Å². The highest BCUT2D eigenvalue weighted by molar-refractivity contribution is 5.70. The normalized spacial score (nSPS) is 13.0. The quantitative estimate of drug-likeness (QED) is 0.676. The molecule has 0 saturated carbocycles. The number of benzene rings is 1. The average Bonchev–Trinajstić information content (AvgIpc) is 3.05. The Morgan fingerprint density at radius 3 is 2.61 bits per heavy atom. The van der Waals surface area contributed by atoms with E-state index in [1.807, 2.05) is 49.0 Å². The molecular weight excluding hydrogens is 354 g/mol. The summed E-state index contributed by atoms with van der Waals surface area (Å²) in [5, 5.41) is 17.6. The molecule has 1 aromatic carbocycles. The van der Waals surface area contributed by atoms with Gasteiger partial charge in [-0.2, -0.15) is 5.10 Å². The van der Waals surface area contributed by atoms with Crippen LogP contribution < -0.4 is 10.1 Å². The zero-order chi connectivity index (χ0) is 20.9. The van der Waals surface area contributed by atoms with Gasteiger partial charge < -0.3 is 15.2 Å². The molecule has 0 radical (unpaired) electrons. The Bertz CT molecular complexity index is 791. The van der Waals surface area contributed by atoms with Gasteiger partial charge in [0, 0.05) is 30.4 Å². The SMILES string of the molecule is COc1cccc(-c2nn(C(C)(C)C)cc2CNCC(CC(C)C)C(=O)O)c1. The summed E-state index contributed by atoms with van der Waals surface area (Å²) in [7, 11) is 1.65. The topological polar surface area (TPSA) is 76.4 Å². The van der Waals surface area contributed by atoms with Crippen LogP contribution in [0.2, 0.25) is 0 Å². The number of ether oxygens (including phenoxy) is 1. The van der Waals surface area contributed by atoms with Crippen LogP contribution >= 0.6 is 0 Å². The van der Waals surface area contributed by atoms with E-state index in [9.17, 15) is 9.90 Å². The van der Waals surface area contributed by atoms with Gasteiger partial charge in [-0.1, -0.05) is 26.0 Å². The first-order chi connectivity index (χ1) is 13.1. The van der Waals surface area contributed by atoms with E-state index in [1.165, 1.54) is 0 Å². The summed E-state index contributed by atoms with van der Waals surface area (Å²) < 4.78 is 7.31. The van der Waals surface area contributed by atoms with Crippen LogP contribution in [0, 0.1) is 11.8 Å². The molecule has 1 unspecified atom stereocenters. The molecule has 0 amide bonds. The highest BCUT2D eigenvalue weighted by Crippen LogP contribution is 2.28. The highest BCUT2D eigenvalue weighted by atomic mass is 16.5. The van der Waals surface area contributed by atoms with Gasteiger partial charge >= 0.3 is 5.97 Å². The van der Waals surface area contributed by atoms with Gasteiger partial charge in [0.25, 0.3) is 0 Å². The number of carbonyl (C=O) groups is 1. The van der Waals surface area contributed by atoms with E-state index in [4.69, 9.17) is 9.84 Å². The fourth-order valence-corrected chi connectivity index (χ4v) is 3.12. The maximum atomic E-state index is 11.5. The Morgan fingerprint density at radius 2 is 2.04 bits per heavy atom. The molecule has 0 fully saturated rings. The number of aliphatic carboxylic acids is 1. The second-order valence-electron chi connectivity index (χ2n) is 8.65. The molecule has 1 heterocycles. The summed E-state index contributed by atoms with van der Waals surface area (Å²) >= 11 is 0. The smallest absolute Gasteiger partial charge is 0.307 e. The van der Waals surface area contributed by atoms with Crippen molar-refractivity contribution in [3.05, 3.63) is 36.0 Å². The molecule has 0 aliphatic rings. The highest BCUT2D eigenvalue weighted by Gasteiger charge is 2.21. The number of rotatable bonds is 9. The number of aromatic nitrogens is 2. The first-order valence-electron chi connectivity index (χ1n) is 9.78. The molecule has 6 nitrogen and oxygen atoms in total. The van der Waals surface area contributed by atoms with Gasteiger partial charge in [-0.3, -0.25) is 9.48 Å². The Hall–Kier alpha value is -2.34. The molecule has 2 aromatic rings. The van der Waals surface area contributed by atoms with Crippen molar-refractivity contribution in [2.24, 2.45) is 11.8 Å². The number of nitrogens with one attached hydrogen (secondary N) is 1. The summed E-state index contributed by atoms with van der Waals surface area (Å²) in [4.78, 5) is 11.5. The van der Waals surface area contributed by atoms with Gasteiger partial charge in [0.05, 0.1) is 24.3 Å². The molecule has 2 N–H and O–H groups in total. The van der Waals surface area contributed by atoms with Gasteiger partial charge in [-0.15, -0.1) is 0 Å². The van der Waals surface area contributed by atoms with Gasteiger partial charge in [0.1, 0.15) is 5.75 Å². The van der Waals surface area contributed by atoms with Crippen LogP contribution in [0.25, 0.3) is 11.3 Å². The largest absolute Gasteiger partial charge is 0.497 e. The van der Waals surface area contributed by atoms with E-state index in [-0.39, 0.29) is 5.54 Å². The third-order valence-electron chi connectivity index (χ3n) is 4.63. The number of hydrogen-bond acceptors (Lipinski definition) is 4. The van der Waals surface area contributed by atoms with Gasteiger partial charge in [-0.05, 0) is 45.2 Å². The van der Waals surface area contributed by atoms with E-state index < -0.39 is 11.9 Å². The van der Waals surface area contributed by atoms with Gasteiger partial charge in [0.2, 0.25) is 0 Å². The lowest BCUT2D eigenvalue weighted by Gasteiger charge is -2.19. The lowest BCUT2D eigenvalue weighted by atomic mass is 9.97. The molecule has 1 atom stereocenters. The summed E-state index contributed by atoms with van der Waals surface area (Å²) in [6.07, 6.45) is 2.70. The Morgan fingerprint density at radius 1 is 1.32 bits per heavy atom. The van der Waals surface area contributed by atoms with Crippen LogP contribution in [-0.4, -0.2) is 34.5 Å². The predicted molar refractivity (Wildman–Crippen MR) is 111 cm³/mol. The lowest BCUT2D eigenvalue weighted by Crippen LogP contribution is -2.29. The van der Waals surface area contributed by atoms with Gasteiger partial charge in [-0.25, -0.2) is 0 Å². The van der Waals surface area contributed by atoms with Crippen molar-refractivity contribution in [2.45, 2.75) is 53.1 Å².